The number of aryl methyl sites for hydroxylation is 1. The average molecular weight is 578 g/mol. The largest absolute Gasteiger partial charge is 0.508 e. The van der Waals surface area contributed by atoms with Gasteiger partial charge in [0.15, 0.2) is 23.0 Å². The molecule has 0 aliphatic carbocycles. The van der Waals surface area contributed by atoms with Crippen LogP contribution in [0.1, 0.15) is 35.1 Å². The summed E-state index contributed by atoms with van der Waals surface area (Å²) >= 11 is 0. The number of aromatic hydroxyl groups is 5. The zero-order chi connectivity index (χ0) is 30.6. The number of benzene rings is 3. The summed E-state index contributed by atoms with van der Waals surface area (Å²) in [7, 11) is 0. The molecule has 0 radical (unpaired) electrons. The smallest absolute Gasteiger partial charge is 0.244 e. The molecule has 8 N–H and O–H groups in total. The van der Waals surface area contributed by atoms with E-state index in [-0.39, 0.29) is 60.6 Å². The molecule has 3 aromatic rings. The molecule has 222 valence electrons. The first-order valence-electron chi connectivity index (χ1n) is 13.4. The summed E-state index contributed by atoms with van der Waals surface area (Å²) in [6, 6.07) is 12.6. The second kappa shape index (κ2) is 15.0. The standard InChI is InChI=1S/C31H35N3O8/c1-19-16-21(2-7-24(19)35)13-15-33-31(42)23(34-30(41)10-5-20-3-8-25(36)27(38)17-20)6-11-29(40)32-14-12-22-4-9-26(37)28(39)18-22/h2-5,7-10,16-18,23,35-39H,6,11-15H2,1H3,(H,32,40)(H,33,42)(H,34,41)/b10-5+. The monoisotopic (exact) mass is 577 g/mol. The number of carbonyl (C=O) groups excluding carboxylic acids is 3. The molecule has 0 bridgehead atoms. The normalized spacial score (nSPS) is 11.6. The van der Waals surface area contributed by atoms with Crippen LogP contribution in [0.3, 0.4) is 0 Å². The number of rotatable bonds is 13. The molecule has 0 aliphatic rings. The van der Waals surface area contributed by atoms with Crippen LogP contribution < -0.4 is 16.0 Å². The Kier molecular flexibility index (Phi) is 11.2. The molecule has 0 spiro atoms. The Balaban J connectivity index is 1.57. The minimum atomic E-state index is -1.02. The molecular weight excluding hydrogens is 542 g/mol. The van der Waals surface area contributed by atoms with Crippen molar-refractivity contribution in [2.24, 2.45) is 0 Å². The molecule has 1 unspecified atom stereocenters. The van der Waals surface area contributed by atoms with Crippen LogP contribution >= 0.6 is 0 Å². The Morgan fingerprint density at radius 1 is 0.738 bits per heavy atom. The highest BCUT2D eigenvalue weighted by Gasteiger charge is 2.21. The van der Waals surface area contributed by atoms with Crippen molar-refractivity contribution < 1.29 is 39.9 Å². The van der Waals surface area contributed by atoms with Crippen molar-refractivity contribution in [2.45, 2.75) is 38.6 Å². The maximum absolute atomic E-state index is 13.0. The van der Waals surface area contributed by atoms with Crippen LogP contribution in [0, 0.1) is 6.92 Å². The molecule has 0 aromatic heterocycles. The SMILES string of the molecule is Cc1cc(CCNC(=O)C(CCC(=O)NCCc2ccc(O)c(O)c2)NC(=O)/C=C/c2ccc(O)c(O)c2)ccc1O. The number of hydrogen-bond acceptors (Lipinski definition) is 8. The van der Waals surface area contributed by atoms with Gasteiger partial charge in [-0.2, -0.15) is 0 Å². The van der Waals surface area contributed by atoms with Crippen LogP contribution in [-0.2, 0) is 27.2 Å². The molecule has 0 fully saturated rings. The lowest BCUT2D eigenvalue weighted by molar-refractivity contribution is -0.128. The zero-order valence-electron chi connectivity index (χ0n) is 23.1. The van der Waals surface area contributed by atoms with E-state index in [1.165, 1.54) is 42.5 Å². The van der Waals surface area contributed by atoms with E-state index in [4.69, 9.17) is 0 Å². The van der Waals surface area contributed by atoms with Crippen LogP contribution in [-0.4, -0.2) is 62.4 Å². The fourth-order valence-corrected chi connectivity index (χ4v) is 4.07. The molecule has 11 nitrogen and oxygen atoms in total. The van der Waals surface area contributed by atoms with E-state index in [9.17, 15) is 39.9 Å². The maximum Gasteiger partial charge on any atom is 0.244 e. The van der Waals surface area contributed by atoms with Gasteiger partial charge >= 0.3 is 0 Å². The van der Waals surface area contributed by atoms with Gasteiger partial charge in [-0.15, -0.1) is 0 Å². The predicted molar refractivity (Wildman–Crippen MR) is 156 cm³/mol. The van der Waals surface area contributed by atoms with Crippen molar-refractivity contribution in [3.63, 3.8) is 0 Å². The van der Waals surface area contributed by atoms with Gasteiger partial charge in [-0.3, -0.25) is 14.4 Å². The van der Waals surface area contributed by atoms with Crippen molar-refractivity contribution in [3.05, 3.63) is 82.9 Å². The van der Waals surface area contributed by atoms with Gasteiger partial charge in [0.25, 0.3) is 0 Å². The molecular formula is C31H35N3O8. The Bertz CT molecular complexity index is 1450. The summed E-state index contributed by atoms with van der Waals surface area (Å²) in [5.41, 5.74) is 2.79. The number of phenolic OH excluding ortho intramolecular Hbond substituents is 5. The summed E-state index contributed by atoms with van der Waals surface area (Å²) in [5.74, 6) is -2.34. The third kappa shape index (κ3) is 9.77. The highest BCUT2D eigenvalue weighted by atomic mass is 16.3. The van der Waals surface area contributed by atoms with Crippen molar-refractivity contribution >= 4 is 23.8 Å². The summed E-state index contributed by atoms with van der Waals surface area (Å²) in [6.45, 7) is 2.31. The molecule has 3 amide bonds. The lowest BCUT2D eigenvalue weighted by atomic mass is 10.1. The first-order valence-corrected chi connectivity index (χ1v) is 13.4. The topological polar surface area (TPSA) is 188 Å². The Hall–Kier alpha value is -5.19. The molecule has 0 aliphatic heterocycles. The van der Waals surface area contributed by atoms with Crippen molar-refractivity contribution in [1.29, 1.82) is 0 Å². The zero-order valence-corrected chi connectivity index (χ0v) is 23.1. The van der Waals surface area contributed by atoms with E-state index in [0.29, 0.717) is 29.5 Å². The number of amides is 3. The summed E-state index contributed by atoms with van der Waals surface area (Å²) in [5, 5.41) is 55.9. The van der Waals surface area contributed by atoms with Crippen LogP contribution in [0.25, 0.3) is 6.08 Å². The molecule has 1 atom stereocenters. The Morgan fingerprint density at radius 2 is 1.33 bits per heavy atom. The Labute approximate surface area is 243 Å². The lowest BCUT2D eigenvalue weighted by Gasteiger charge is -2.18. The van der Waals surface area contributed by atoms with E-state index >= 15 is 0 Å². The molecule has 0 heterocycles. The minimum absolute atomic E-state index is 0.0234. The van der Waals surface area contributed by atoms with E-state index < -0.39 is 17.9 Å². The number of carbonyl (C=O) groups is 3. The number of phenols is 5. The molecule has 0 saturated heterocycles. The van der Waals surface area contributed by atoms with E-state index in [2.05, 4.69) is 16.0 Å². The first-order chi connectivity index (χ1) is 20.0. The Morgan fingerprint density at radius 3 is 1.98 bits per heavy atom. The average Bonchev–Trinajstić information content (AvgIpc) is 2.95. The third-order valence-electron chi connectivity index (χ3n) is 6.47. The van der Waals surface area contributed by atoms with Crippen LogP contribution in [0.15, 0.2) is 60.7 Å². The second-order valence-corrected chi connectivity index (χ2v) is 9.77. The van der Waals surface area contributed by atoms with Gasteiger partial charge in [-0.1, -0.05) is 24.3 Å². The van der Waals surface area contributed by atoms with Crippen molar-refractivity contribution in [3.8, 4) is 28.7 Å². The van der Waals surface area contributed by atoms with Crippen molar-refractivity contribution in [2.75, 3.05) is 13.1 Å². The maximum atomic E-state index is 13.0. The lowest BCUT2D eigenvalue weighted by Crippen LogP contribution is -2.47. The fraction of sp³-hybridized carbons (Fsp3) is 0.258. The number of hydrogen-bond donors (Lipinski definition) is 8. The van der Waals surface area contributed by atoms with Crippen LogP contribution in [0.2, 0.25) is 0 Å². The molecule has 0 saturated carbocycles. The van der Waals surface area contributed by atoms with Crippen LogP contribution in [0.5, 0.6) is 28.7 Å². The molecule has 3 rings (SSSR count). The highest BCUT2D eigenvalue weighted by Crippen LogP contribution is 2.26. The van der Waals surface area contributed by atoms with E-state index in [0.717, 1.165) is 5.56 Å². The quantitative estimate of drug-likeness (QED) is 0.112. The van der Waals surface area contributed by atoms with Gasteiger partial charge in [-0.25, -0.2) is 0 Å². The van der Waals surface area contributed by atoms with Gasteiger partial charge in [0.05, 0.1) is 0 Å². The highest BCUT2D eigenvalue weighted by molar-refractivity contribution is 5.95. The fourth-order valence-electron chi connectivity index (χ4n) is 4.07. The van der Waals surface area contributed by atoms with E-state index in [1.54, 1.807) is 25.1 Å². The summed E-state index contributed by atoms with van der Waals surface area (Å²) < 4.78 is 0. The van der Waals surface area contributed by atoms with Crippen LogP contribution in [0.4, 0.5) is 0 Å². The molecule has 42 heavy (non-hydrogen) atoms. The van der Waals surface area contributed by atoms with Gasteiger partial charge in [-0.05, 0) is 84.8 Å². The number of nitrogens with one attached hydrogen (secondary N) is 3. The van der Waals surface area contributed by atoms with Crippen molar-refractivity contribution in [1.82, 2.24) is 16.0 Å². The molecule has 3 aromatic carbocycles. The second-order valence-electron chi connectivity index (χ2n) is 9.77. The van der Waals surface area contributed by atoms with E-state index in [1.807, 2.05) is 6.07 Å². The summed E-state index contributed by atoms with van der Waals surface area (Å²) in [4.78, 5) is 38.1. The summed E-state index contributed by atoms with van der Waals surface area (Å²) in [6.07, 6.45) is 3.46. The minimum Gasteiger partial charge on any atom is -0.508 e. The van der Waals surface area contributed by atoms with Gasteiger partial charge in [0.2, 0.25) is 17.7 Å². The van der Waals surface area contributed by atoms with Gasteiger partial charge in [0, 0.05) is 25.6 Å². The first kappa shape index (κ1) is 31.3. The molecule has 11 heteroatoms. The van der Waals surface area contributed by atoms with Gasteiger partial charge in [0.1, 0.15) is 11.8 Å². The van der Waals surface area contributed by atoms with Gasteiger partial charge < -0.3 is 41.5 Å². The predicted octanol–water partition coefficient (Wildman–Crippen LogP) is 2.52. The third-order valence-corrected chi connectivity index (χ3v) is 6.47.